The van der Waals surface area contributed by atoms with Gasteiger partial charge >= 0.3 is 0 Å². The Hall–Kier alpha value is -3.26. The summed E-state index contributed by atoms with van der Waals surface area (Å²) in [5, 5.41) is 0. The lowest BCUT2D eigenvalue weighted by molar-refractivity contribution is -0.0278. The summed E-state index contributed by atoms with van der Waals surface area (Å²) in [6.45, 7) is 10.7. The second kappa shape index (κ2) is 31.0. The molecule has 2 amide bonds. The first-order chi connectivity index (χ1) is 26.7. The SMILES string of the molecule is Nc1ccccc1OCCOCCOCCOCCOCCOCCOCCOCCOCCOCCOCCOCCN1C(=O)c2ccccc2C1=O. The largest absolute Gasteiger partial charge is 0.489 e. The molecule has 0 spiro atoms. The molecule has 0 unspecified atom stereocenters. The molecule has 1 aliphatic heterocycles. The van der Waals surface area contributed by atoms with Crippen LogP contribution in [0, 0.1) is 0 Å². The normalized spacial score (nSPS) is 12.6. The molecule has 0 atom stereocenters. The average Bonchev–Trinajstić information content (AvgIpc) is 3.43. The number of nitrogens with zero attached hydrogens (tertiary/aromatic N) is 1. The van der Waals surface area contributed by atoms with Crippen molar-refractivity contribution < 1.29 is 66.4 Å². The Morgan fingerprint density at radius 1 is 0.370 bits per heavy atom. The van der Waals surface area contributed by atoms with Gasteiger partial charge in [-0.25, -0.2) is 0 Å². The standard InChI is InChI=1S/C38H58N2O14/c39-35-7-3-4-8-36(35)54-32-31-53-30-29-52-28-27-51-26-25-50-24-23-49-22-21-48-20-19-47-18-17-46-16-15-45-14-13-44-12-11-43-10-9-40-37(41)33-5-1-2-6-34(33)38(40)42/h1-8H,9-32,39H2. The lowest BCUT2D eigenvalue weighted by Crippen LogP contribution is -2.33. The van der Waals surface area contributed by atoms with Crippen LogP contribution in [0.1, 0.15) is 20.7 Å². The third kappa shape index (κ3) is 20.4. The number of hydrogen-bond acceptors (Lipinski definition) is 15. The number of benzene rings is 2. The van der Waals surface area contributed by atoms with E-state index in [9.17, 15) is 9.59 Å². The number of para-hydroxylation sites is 2. The van der Waals surface area contributed by atoms with Crippen LogP contribution in [0.5, 0.6) is 5.75 Å². The minimum Gasteiger partial charge on any atom is -0.489 e. The van der Waals surface area contributed by atoms with Crippen LogP contribution in [0.25, 0.3) is 0 Å². The van der Waals surface area contributed by atoms with Crippen LogP contribution in [-0.4, -0.2) is 175 Å². The van der Waals surface area contributed by atoms with Gasteiger partial charge in [0.25, 0.3) is 11.8 Å². The van der Waals surface area contributed by atoms with E-state index in [-0.39, 0.29) is 25.0 Å². The minimum absolute atomic E-state index is 0.211. The molecule has 2 aromatic rings. The minimum atomic E-state index is -0.280. The molecule has 0 saturated carbocycles. The summed E-state index contributed by atoms with van der Waals surface area (Å²) in [5.41, 5.74) is 7.31. The summed E-state index contributed by atoms with van der Waals surface area (Å²) in [6, 6.07) is 14.2. The fraction of sp³-hybridized carbons (Fsp3) is 0.632. The van der Waals surface area contributed by atoms with E-state index in [2.05, 4.69) is 0 Å². The van der Waals surface area contributed by atoms with Crippen molar-refractivity contribution in [1.29, 1.82) is 0 Å². The molecule has 16 nitrogen and oxygen atoms in total. The van der Waals surface area contributed by atoms with E-state index in [4.69, 9.17) is 62.6 Å². The molecule has 16 heteroatoms. The first kappa shape index (κ1) is 45.1. The van der Waals surface area contributed by atoms with Gasteiger partial charge < -0.3 is 62.6 Å². The van der Waals surface area contributed by atoms with Crippen LogP contribution >= 0.6 is 0 Å². The van der Waals surface area contributed by atoms with Crippen molar-refractivity contribution in [2.45, 2.75) is 0 Å². The van der Waals surface area contributed by atoms with Gasteiger partial charge in [-0.15, -0.1) is 0 Å². The van der Waals surface area contributed by atoms with Gasteiger partial charge in [0.1, 0.15) is 12.4 Å². The summed E-state index contributed by atoms with van der Waals surface area (Å²) in [5.74, 6) is 0.102. The second-order valence-electron chi connectivity index (χ2n) is 11.4. The van der Waals surface area contributed by atoms with Gasteiger partial charge in [-0.2, -0.15) is 0 Å². The van der Waals surface area contributed by atoms with Crippen molar-refractivity contribution in [3.8, 4) is 5.75 Å². The fourth-order valence-electron chi connectivity index (χ4n) is 4.72. The molecule has 1 heterocycles. The number of nitrogen functional groups attached to an aromatic ring is 1. The van der Waals surface area contributed by atoms with Gasteiger partial charge in [0, 0.05) is 0 Å². The number of amides is 2. The van der Waals surface area contributed by atoms with Crippen molar-refractivity contribution >= 4 is 17.5 Å². The average molecular weight is 767 g/mol. The van der Waals surface area contributed by atoms with Crippen LogP contribution in [0.3, 0.4) is 0 Å². The molecule has 3 rings (SSSR count). The van der Waals surface area contributed by atoms with Gasteiger partial charge in [0.2, 0.25) is 0 Å². The van der Waals surface area contributed by atoms with E-state index < -0.39 is 0 Å². The van der Waals surface area contributed by atoms with E-state index in [1.807, 2.05) is 18.2 Å². The smallest absolute Gasteiger partial charge is 0.261 e. The zero-order valence-corrected chi connectivity index (χ0v) is 31.3. The summed E-state index contributed by atoms with van der Waals surface area (Å²) >= 11 is 0. The molecule has 54 heavy (non-hydrogen) atoms. The molecule has 0 bridgehead atoms. The molecule has 2 N–H and O–H groups in total. The molecular weight excluding hydrogens is 708 g/mol. The molecule has 0 aromatic heterocycles. The highest BCUT2D eigenvalue weighted by atomic mass is 16.6. The predicted octanol–water partition coefficient (Wildman–Crippen LogP) is 2.13. The van der Waals surface area contributed by atoms with Crippen molar-refractivity contribution in [3.63, 3.8) is 0 Å². The maximum atomic E-state index is 12.3. The van der Waals surface area contributed by atoms with Crippen molar-refractivity contribution in [2.24, 2.45) is 0 Å². The lowest BCUT2D eigenvalue weighted by Gasteiger charge is -2.13. The van der Waals surface area contributed by atoms with Gasteiger partial charge in [-0.1, -0.05) is 24.3 Å². The van der Waals surface area contributed by atoms with Gasteiger partial charge in [-0.05, 0) is 24.3 Å². The van der Waals surface area contributed by atoms with E-state index >= 15 is 0 Å². The Morgan fingerprint density at radius 2 is 0.648 bits per heavy atom. The van der Waals surface area contributed by atoms with Gasteiger partial charge in [0.15, 0.2) is 0 Å². The lowest BCUT2D eigenvalue weighted by atomic mass is 10.1. The van der Waals surface area contributed by atoms with Crippen LogP contribution in [-0.2, 0) is 52.1 Å². The summed E-state index contributed by atoms with van der Waals surface area (Å²) in [6.07, 6.45) is 0. The Bertz CT molecular complexity index is 1220. The number of fused-ring (bicyclic) bond motifs is 1. The fourth-order valence-corrected chi connectivity index (χ4v) is 4.72. The van der Waals surface area contributed by atoms with Crippen molar-refractivity contribution in [1.82, 2.24) is 4.90 Å². The first-order valence-electron chi connectivity index (χ1n) is 18.5. The third-order valence-electron chi connectivity index (χ3n) is 7.46. The number of ether oxygens (including phenoxy) is 12. The topological polar surface area (TPSA) is 174 Å². The third-order valence-corrected chi connectivity index (χ3v) is 7.46. The highest BCUT2D eigenvalue weighted by molar-refractivity contribution is 6.21. The van der Waals surface area contributed by atoms with E-state index in [1.54, 1.807) is 30.3 Å². The molecular formula is C38H58N2O14. The molecule has 0 aliphatic carbocycles. The molecule has 0 saturated heterocycles. The molecule has 304 valence electrons. The Balaban J connectivity index is 0.908. The van der Waals surface area contributed by atoms with E-state index in [0.717, 1.165) is 0 Å². The summed E-state index contributed by atoms with van der Waals surface area (Å²) in [7, 11) is 0. The maximum absolute atomic E-state index is 12.3. The zero-order valence-electron chi connectivity index (χ0n) is 31.3. The van der Waals surface area contributed by atoms with Gasteiger partial charge in [-0.3, -0.25) is 14.5 Å². The second-order valence-corrected chi connectivity index (χ2v) is 11.4. The predicted molar refractivity (Wildman–Crippen MR) is 197 cm³/mol. The maximum Gasteiger partial charge on any atom is 0.261 e. The van der Waals surface area contributed by atoms with Crippen LogP contribution in [0.4, 0.5) is 5.69 Å². The Kier molecular flexibility index (Phi) is 25.9. The quantitative estimate of drug-likeness (QED) is 0.0602. The Morgan fingerprint density at radius 3 is 0.981 bits per heavy atom. The number of hydrogen-bond donors (Lipinski definition) is 1. The number of nitrogens with two attached hydrogens (primary N) is 1. The van der Waals surface area contributed by atoms with Gasteiger partial charge in [0.05, 0.1) is 169 Å². The van der Waals surface area contributed by atoms with Crippen molar-refractivity contribution in [2.75, 3.05) is 164 Å². The highest BCUT2D eigenvalue weighted by Gasteiger charge is 2.34. The van der Waals surface area contributed by atoms with Crippen LogP contribution < -0.4 is 10.5 Å². The number of anilines is 1. The summed E-state index contributed by atoms with van der Waals surface area (Å²) < 4.78 is 65.9. The summed E-state index contributed by atoms with van der Waals surface area (Å²) in [4.78, 5) is 25.8. The number of carbonyl (C=O) groups is 2. The van der Waals surface area contributed by atoms with E-state index in [1.165, 1.54) is 4.90 Å². The van der Waals surface area contributed by atoms with Crippen LogP contribution in [0.2, 0.25) is 0 Å². The molecule has 0 fully saturated rings. The molecule has 1 aliphatic rings. The zero-order chi connectivity index (χ0) is 38.2. The monoisotopic (exact) mass is 766 g/mol. The number of imide groups is 1. The molecule has 0 radical (unpaired) electrons. The number of carbonyl (C=O) groups excluding carboxylic acids is 2. The number of rotatable bonds is 37. The Labute approximate surface area is 318 Å². The van der Waals surface area contributed by atoms with Crippen LogP contribution in [0.15, 0.2) is 48.5 Å². The first-order valence-corrected chi connectivity index (χ1v) is 18.5. The van der Waals surface area contributed by atoms with E-state index in [0.29, 0.717) is 168 Å². The highest BCUT2D eigenvalue weighted by Crippen LogP contribution is 2.22. The van der Waals surface area contributed by atoms with Crippen molar-refractivity contribution in [3.05, 3.63) is 59.7 Å². The molecule has 2 aromatic carbocycles.